The molecule has 2 aromatic carbocycles. The van der Waals surface area contributed by atoms with Gasteiger partial charge in [-0.15, -0.1) is 11.3 Å². The van der Waals surface area contributed by atoms with Crippen molar-refractivity contribution >= 4 is 57.0 Å². The average Bonchev–Trinajstić information content (AvgIpc) is 2.87. The normalized spacial score (nSPS) is 10.6. The van der Waals surface area contributed by atoms with E-state index in [1.165, 1.54) is 11.3 Å². The molecule has 0 amide bonds. The van der Waals surface area contributed by atoms with E-state index in [0.717, 1.165) is 22.1 Å². The molecule has 0 atom stereocenters. The van der Waals surface area contributed by atoms with Gasteiger partial charge >= 0.3 is 0 Å². The summed E-state index contributed by atoms with van der Waals surface area (Å²) in [4.78, 5) is 4.52. The van der Waals surface area contributed by atoms with Crippen LogP contribution in [0.25, 0.3) is 11.3 Å². The minimum Gasteiger partial charge on any atom is -0.331 e. The van der Waals surface area contributed by atoms with E-state index in [4.69, 9.17) is 34.8 Å². The molecule has 1 heterocycles. The van der Waals surface area contributed by atoms with Crippen molar-refractivity contribution in [3.8, 4) is 11.3 Å². The fourth-order valence-electron chi connectivity index (χ4n) is 1.88. The molecule has 3 aromatic rings. The van der Waals surface area contributed by atoms with Crippen molar-refractivity contribution in [3.05, 3.63) is 62.9 Å². The summed E-state index contributed by atoms with van der Waals surface area (Å²) in [5.41, 5.74) is 2.38. The van der Waals surface area contributed by atoms with E-state index < -0.39 is 0 Å². The van der Waals surface area contributed by atoms with Crippen LogP contribution in [-0.4, -0.2) is 4.98 Å². The smallest absolute Gasteiger partial charge is 0.187 e. The van der Waals surface area contributed by atoms with Crippen LogP contribution in [0.3, 0.4) is 0 Å². The fourth-order valence-corrected chi connectivity index (χ4v) is 3.38. The van der Waals surface area contributed by atoms with Gasteiger partial charge in [-0.2, -0.15) is 0 Å². The molecule has 0 fully saturated rings. The Morgan fingerprint density at radius 3 is 2.38 bits per heavy atom. The minimum atomic E-state index is 0.585. The van der Waals surface area contributed by atoms with E-state index in [0.29, 0.717) is 15.1 Å². The summed E-state index contributed by atoms with van der Waals surface area (Å²) in [5, 5.41) is 7.72. The van der Waals surface area contributed by atoms with E-state index in [-0.39, 0.29) is 0 Å². The zero-order chi connectivity index (χ0) is 14.8. The Morgan fingerprint density at radius 1 is 0.952 bits per heavy atom. The zero-order valence-corrected chi connectivity index (χ0v) is 13.7. The maximum Gasteiger partial charge on any atom is 0.187 e. The molecule has 0 aliphatic heterocycles. The maximum atomic E-state index is 6.20. The number of rotatable bonds is 3. The van der Waals surface area contributed by atoms with Crippen LogP contribution in [0.5, 0.6) is 0 Å². The van der Waals surface area contributed by atoms with Gasteiger partial charge in [0.2, 0.25) is 0 Å². The quantitative estimate of drug-likeness (QED) is 0.579. The zero-order valence-electron chi connectivity index (χ0n) is 10.6. The molecule has 0 saturated heterocycles. The van der Waals surface area contributed by atoms with Gasteiger partial charge in [-0.05, 0) is 30.3 Å². The predicted octanol–water partition coefficient (Wildman–Crippen LogP) is 6.51. The Labute approximate surface area is 141 Å². The van der Waals surface area contributed by atoms with E-state index in [9.17, 15) is 0 Å². The number of hydrogen-bond acceptors (Lipinski definition) is 3. The summed E-state index contributed by atoms with van der Waals surface area (Å²) in [7, 11) is 0. The lowest BCUT2D eigenvalue weighted by Crippen LogP contribution is -1.89. The van der Waals surface area contributed by atoms with Gasteiger partial charge in [0.1, 0.15) is 0 Å². The molecule has 0 aliphatic rings. The van der Waals surface area contributed by atoms with Crippen LogP contribution in [0.2, 0.25) is 15.1 Å². The monoisotopic (exact) mass is 354 g/mol. The number of anilines is 2. The Morgan fingerprint density at radius 2 is 1.67 bits per heavy atom. The van der Waals surface area contributed by atoms with Crippen LogP contribution < -0.4 is 5.32 Å². The van der Waals surface area contributed by atoms with Crippen molar-refractivity contribution < 1.29 is 0 Å². The van der Waals surface area contributed by atoms with Gasteiger partial charge in [0.25, 0.3) is 0 Å². The van der Waals surface area contributed by atoms with E-state index in [1.807, 2.05) is 35.7 Å². The van der Waals surface area contributed by atoms with Crippen molar-refractivity contribution in [2.45, 2.75) is 0 Å². The summed E-state index contributed by atoms with van der Waals surface area (Å²) in [6.45, 7) is 0. The third-order valence-corrected chi connectivity index (χ3v) is 4.42. The van der Waals surface area contributed by atoms with Crippen molar-refractivity contribution in [2.75, 3.05) is 5.32 Å². The first-order valence-corrected chi connectivity index (χ1v) is 8.07. The van der Waals surface area contributed by atoms with Gasteiger partial charge in [0.15, 0.2) is 5.13 Å². The largest absolute Gasteiger partial charge is 0.331 e. The van der Waals surface area contributed by atoms with Crippen LogP contribution in [0.15, 0.2) is 47.8 Å². The summed E-state index contributed by atoms with van der Waals surface area (Å²) in [5.74, 6) is 0. The highest BCUT2D eigenvalue weighted by molar-refractivity contribution is 7.14. The molecule has 106 valence electrons. The van der Waals surface area contributed by atoms with E-state index in [2.05, 4.69) is 10.3 Å². The molecular weight excluding hydrogens is 347 g/mol. The second kappa shape index (κ2) is 6.24. The molecule has 0 aliphatic carbocycles. The van der Waals surface area contributed by atoms with Crippen LogP contribution in [0.4, 0.5) is 10.8 Å². The second-order valence-electron chi connectivity index (χ2n) is 4.27. The summed E-state index contributed by atoms with van der Waals surface area (Å²) >= 11 is 19.8. The summed E-state index contributed by atoms with van der Waals surface area (Å²) in [6, 6.07) is 12.9. The third-order valence-electron chi connectivity index (χ3n) is 2.80. The Bertz CT molecular complexity index is 766. The average molecular weight is 356 g/mol. The Kier molecular flexibility index (Phi) is 4.36. The number of aromatic nitrogens is 1. The van der Waals surface area contributed by atoms with Crippen molar-refractivity contribution in [3.63, 3.8) is 0 Å². The third kappa shape index (κ3) is 3.33. The highest BCUT2D eigenvalue weighted by Gasteiger charge is 2.12. The van der Waals surface area contributed by atoms with Crippen LogP contribution in [0.1, 0.15) is 0 Å². The number of nitrogens with one attached hydrogen (secondary N) is 1. The number of hydrogen-bond donors (Lipinski definition) is 1. The lowest BCUT2D eigenvalue weighted by molar-refractivity contribution is 1.38. The van der Waals surface area contributed by atoms with Gasteiger partial charge in [-0.25, -0.2) is 4.98 Å². The molecule has 0 spiro atoms. The molecule has 2 nitrogen and oxygen atoms in total. The SMILES string of the molecule is Clc1cccc(Nc2nc(-c3c(Cl)cccc3Cl)cs2)c1. The predicted molar refractivity (Wildman–Crippen MR) is 92.3 cm³/mol. The fraction of sp³-hybridized carbons (Fsp3) is 0. The molecule has 6 heteroatoms. The lowest BCUT2D eigenvalue weighted by Gasteiger charge is -2.04. The van der Waals surface area contributed by atoms with Crippen LogP contribution in [-0.2, 0) is 0 Å². The molecule has 0 saturated carbocycles. The first-order chi connectivity index (χ1) is 10.1. The molecule has 0 radical (unpaired) electrons. The lowest BCUT2D eigenvalue weighted by atomic mass is 10.2. The molecular formula is C15H9Cl3N2S. The second-order valence-corrected chi connectivity index (χ2v) is 6.38. The molecule has 21 heavy (non-hydrogen) atoms. The van der Waals surface area contributed by atoms with Crippen LogP contribution >= 0.6 is 46.1 Å². The molecule has 0 unspecified atom stereocenters. The molecule has 0 bridgehead atoms. The van der Waals surface area contributed by atoms with E-state index >= 15 is 0 Å². The van der Waals surface area contributed by atoms with Crippen molar-refractivity contribution in [2.24, 2.45) is 0 Å². The first kappa shape index (κ1) is 14.7. The number of halogens is 3. The highest BCUT2D eigenvalue weighted by Crippen LogP contribution is 2.36. The number of thiazole rings is 1. The summed E-state index contributed by atoms with van der Waals surface area (Å²) in [6.07, 6.45) is 0. The van der Waals surface area contributed by atoms with Crippen molar-refractivity contribution in [1.29, 1.82) is 0 Å². The van der Waals surface area contributed by atoms with Crippen LogP contribution in [0, 0.1) is 0 Å². The van der Waals surface area contributed by atoms with Gasteiger partial charge in [-0.1, -0.05) is 46.9 Å². The van der Waals surface area contributed by atoms with Gasteiger partial charge in [-0.3, -0.25) is 0 Å². The first-order valence-electron chi connectivity index (χ1n) is 6.06. The molecule has 3 rings (SSSR count). The Balaban J connectivity index is 1.90. The van der Waals surface area contributed by atoms with Gasteiger partial charge < -0.3 is 5.32 Å². The molecule has 1 N–H and O–H groups in total. The number of benzene rings is 2. The van der Waals surface area contributed by atoms with Crippen molar-refractivity contribution in [1.82, 2.24) is 4.98 Å². The molecule has 1 aromatic heterocycles. The summed E-state index contributed by atoms with van der Waals surface area (Å²) < 4.78 is 0. The van der Waals surface area contributed by atoms with Gasteiger partial charge in [0.05, 0.1) is 15.7 Å². The maximum absolute atomic E-state index is 6.20. The van der Waals surface area contributed by atoms with Gasteiger partial charge in [0, 0.05) is 21.7 Å². The topological polar surface area (TPSA) is 24.9 Å². The van der Waals surface area contributed by atoms with E-state index in [1.54, 1.807) is 12.1 Å². The standard InChI is InChI=1S/C15H9Cl3N2S/c16-9-3-1-4-10(7-9)19-15-20-13(8-21-15)14-11(17)5-2-6-12(14)18/h1-8H,(H,19,20). The highest BCUT2D eigenvalue weighted by atomic mass is 35.5. The minimum absolute atomic E-state index is 0.585. The Hall–Kier alpha value is -1.26. The number of nitrogens with zero attached hydrogens (tertiary/aromatic N) is 1.